The molecule has 1 N–H and O–H groups in total. The van der Waals surface area contributed by atoms with Crippen molar-refractivity contribution in [2.75, 3.05) is 0 Å². The maximum absolute atomic E-state index is 10.7. The Morgan fingerprint density at radius 3 is 1.57 bits per heavy atom. The van der Waals surface area contributed by atoms with Crippen LogP contribution < -0.4 is 0 Å². The summed E-state index contributed by atoms with van der Waals surface area (Å²) in [5.41, 5.74) is 8.76. The molecule has 190 valence electrons. The second-order valence-electron chi connectivity index (χ2n) is 11.4. The highest BCUT2D eigenvalue weighted by Gasteiger charge is 2.17. The summed E-state index contributed by atoms with van der Waals surface area (Å²) in [4.78, 5) is 5.02. The van der Waals surface area contributed by atoms with Crippen LogP contribution in [0.1, 0.15) is 58.2 Å². The number of phenols is 1. The number of nitrogens with zero attached hydrogens (tertiary/aromatic N) is 1. The van der Waals surface area contributed by atoms with Gasteiger partial charge in [-0.05, 0) is 90.4 Å². The van der Waals surface area contributed by atoms with E-state index in [1.807, 2.05) is 12.1 Å². The third kappa shape index (κ3) is 6.45. The molecule has 0 aliphatic rings. The highest BCUT2D eigenvalue weighted by atomic mass is 127. The standard InChI is InChI=1S/C33H33I2NO/c1-32(2,3)24-14-10-21(11-15-24)27-8-7-9-28(22-12-16-25(17-13-22)33(4,5)6)30(27)36-20-23-18-26(34)19-29(35)31(23)37/h7-20,37H,1-6H3. The molecule has 0 saturated carbocycles. The topological polar surface area (TPSA) is 32.6 Å². The van der Waals surface area contributed by atoms with E-state index < -0.39 is 0 Å². The molecule has 0 amide bonds. The zero-order valence-corrected chi connectivity index (χ0v) is 26.5. The zero-order valence-electron chi connectivity index (χ0n) is 22.2. The van der Waals surface area contributed by atoms with Gasteiger partial charge in [0.2, 0.25) is 0 Å². The quantitative estimate of drug-likeness (QED) is 0.166. The van der Waals surface area contributed by atoms with Crippen molar-refractivity contribution >= 4 is 57.1 Å². The minimum Gasteiger partial charge on any atom is -0.506 e. The Balaban J connectivity index is 1.89. The second kappa shape index (κ2) is 10.9. The first kappa shape index (κ1) is 27.8. The zero-order chi connectivity index (χ0) is 27.0. The van der Waals surface area contributed by atoms with E-state index in [1.165, 1.54) is 11.1 Å². The minimum absolute atomic E-state index is 0.0925. The van der Waals surface area contributed by atoms with E-state index in [4.69, 9.17) is 4.99 Å². The van der Waals surface area contributed by atoms with Gasteiger partial charge < -0.3 is 5.11 Å². The molecule has 4 rings (SSSR count). The van der Waals surface area contributed by atoms with Gasteiger partial charge in [-0.3, -0.25) is 4.99 Å². The van der Waals surface area contributed by atoms with E-state index in [2.05, 4.69) is 153 Å². The van der Waals surface area contributed by atoms with Crippen LogP contribution in [-0.4, -0.2) is 11.3 Å². The van der Waals surface area contributed by atoms with Crippen molar-refractivity contribution in [1.82, 2.24) is 0 Å². The van der Waals surface area contributed by atoms with Gasteiger partial charge in [-0.25, -0.2) is 0 Å². The van der Waals surface area contributed by atoms with Crippen LogP contribution in [0.3, 0.4) is 0 Å². The fraction of sp³-hybridized carbons (Fsp3) is 0.242. The Morgan fingerprint density at radius 2 is 1.14 bits per heavy atom. The first-order valence-electron chi connectivity index (χ1n) is 12.4. The molecule has 0 radical (unpaired) electrons. The van der Waals surface area contributed by atoms with Crippen molar-refractivity contribution in [1.29, 1.82) is 0 Å². The predicted molar refractivity (Wildman–Crippen MR) is 176 cm³/mol. The Bertz CT molecular complexity index is 1360. The molecule has 0 bridgehead atoms. The van der Waals surface area contributed by atoms with Gasteiger partial charge in [0.05, 0.1) is 9.26 Å². The van der Waals surface area contributed by atoms with Crippen molar-refractivity contribution in [2.24, 2.45) is 4.99 Å². The van der Waals surface area contributed by atoms with Crippen LogP contribution in [0.25, 0.3) is 22.3 Å². The summed E-state index contributed by atoms with van der Waals surface area (Å²) in [5.74, 6) is 0.257. The van der Waals surface area contributed by atoms with Gasteiger partial charge in [-0.1, -0.05) is 108 Å². The number of aliphatic imine (C=N–C) groups is 1. The van der Waals surface area contributed by atoms with E-state index >= 15 is 0 Å². The Labute approximate surface area is 248 Å². The van der Waals surface area contributed by atoms with Crippen LogP contribution in [0.15, 0.2) is 83.9 Å². The lowest BCUT2D eigenvalue weighted by Crippen LogP contribution is -2.10. The highest BCUT2D eigenvalue weighted by Crippen LogP contribution is 2.40. The summed E-state index contributed by atoms with van der Waals surface area (Å²) in [6, 6.07) is 27.9. The molecule has 4 aromatic carbocycles. The first-order chi connectivity index (χ1) is 17.3. The van der Waals surface area contributed by atoms with Crippen LogP contribution >= 0.6 is 45.2 Å². The van der Waals surface area contributed by atoms with Crippen molar-refractivity contribution in [3.8, 4) is 28.0 Å². The molecule has 0 atom stereocenters. The molecule has 0 aliphatic heterocycles. The predicted octanol–water partition coefficient (Wildman–Crippen LogP) is 10.3. The average Bonchev–Trinajstić information content (AvgIpc) is 2.84. The normalized spacial score (nSPS) is 12.3. The summed E-state index contributed by atoms with van der Waals surface area (Å²) in [5, 5.41) is 10.7. The number of benzene rings is 4. The van der Waals surface area contributed by atoms with E-state index in [9.17, 15) is 5.11 Å². The first-order valence-corrected chi connectivity index (χ1v) is 14.6. The number of para-hydroxylation sites is 1. The molecule has 0 unspecified atom stereocenters. The maximum atomic E-state index is 10.7. The fourth-order valence-corrected chi connectivity index (χ4v) is 6.16. The third-order valence-corrected chi connectivity index (χ3v) is 8.00. The van der Waals surface area contributed by atoms with Crippen LogP contribution in [0.5, 0.6) is 5.75 Å². The Morgan fingerprint density at radius 1 is 0.676 bits per heavy atom. The lowest BCUT2D eigenvalue weighted by atomic mass is 9.85. The fourth-order valence-electron chi connectivity index (χ4n) is 4.27. The van der Waals surface area contributed by atoms with E-state index in [0.29, 0.717) is 5.56 Å². The van der Waals surface area contributed by atoms with Gasteiger partial charge in [0.25, 0.3) is 0 Å². The maximum Gasteiger partial charge on any atom is 0.137 e. The van der Waals surface area contributed by atoms with Crippen molar-refractivity contribution in [3.63, 3.8) is 0 Å². The summed E-state index contributed by atoms with van der Waals surface area (Å²) < 4.78 is 1.88. The van der Waals surface area contributed by atoms with E-state index in [1.54, 1.807) is 6.21 Å². The molecule has 37 heavy (non-hydrogen) atoms. The molecule has 0 fully saturated rings. The van der Waals surface area contributed by atoms with Gasteiger partial charge >= 0.3 is 0 Å². The lowest BCUT2D eigenvalue weighted by molar-refractivity contribution is 0.470. The molecule has 0 aromatic heterocycles. The molecule has 0 heterocycles. The third-order valence-electron chi connectivity index (χ3n) is 6.55. The summed E-state index contributed by atoms with van der Waals surface area (Å²) in [6.45, 7) is 13.4. The van der Waals surface area contributed by atoms with Crippen molar-refractivity contribution in [2.45, 2.75) is 52.4 Å². The number of hydrogen-bond acceptors (Lipinski definition) is 2. The van der Waals surface area contributed by atoms with Crippen LogP contribution in [-0.2, 0) is 10.8 Å². The molecular weight excluding hydrogens is 680 g/mol. The monoisotopic (exact) mass is 713 g/mol. The number of phenolic OH excluding ortho intramolecular Hbond substituents is 1. The highest BCUT2D eigenvalue weighted by molar-refractivity contribution is 14.1. The van der Waals surface area contributed by atoms with Gasteiger partial charge in [-0.15, -0.1) is 0 Å². The molecule has 0 aliphatic carbocycles. The molecule has 0 saturated heterocycles. The summed E-state index contributed by atoms with van der Waals surface area (Å²) >= 11 is 4.44. The second-order valence-corrected chi connectivity index (χ2v) is 13.8. The molecule has 4 aromatic rings. The molecule has 4 heteroatoms. The Kier molecular flexibility index (Phi) is 8.19. The average molecular weight is 713 g/mol. The number of hydrogen-bond donors (Lipinski definition) is 1. The van der Waals surface area contributed by atoms with E-state index in [-0.39, 0.29) is 16.6 Å². The van der Waals surface area contributed by atoms with Crippen molar-refractivity contribution in [3.05, 3.63) is 103 Å². The van der Waals surface area contributed by atoms with Gasteiger partial charge in [0.15, 0.2) is 0 Å². The minimum atomic E-state index is 0.0925. The van der Waals surface area contributed by atoms with Gasteiger partial charge in [0, 0.05) is 26.5 Å². The van der Waals surface area contributed by atoms with Gasteiger partial charge in [0.1, 0.15) is 5.75 Å². The molecule has 2 nitrogen and oxygen atoms in total. The number of rotatable bonds is 4. The SMILES string of the molecule is CC(C)(C)c1ccc(-c2cccc(-c3ccc(C(C)(C)C)cc3)c2N=Cc2cc(I)cc(I)c2O)cc1. The largest absolute Gasteiger partial charge is 0.506 e. The lowest BCUT2D eigenvalue weighted by Gasteiger charge is -2.20. The van der Waals surface area contributed by atoms with Crippen LogP contribution in [0.2, 0.25) is 0 Å². The van der Waals surface area contributed by atoms with Gasteiger partial charge in [-0.2, -0.15) is 0 Å². The van der Waals surface area contributed by atoms with Crippen molar-refractivity contribution < 1.29 is 5.11 Å². The van der Waals surface area contributed by atoms with Crippen LogP contribution in [0.4, 0.5) is 5.69 Å². The summed E-state index contributed by atoms with van der Waals surface area (Å²) in [7, 11) is 0. The Hall–Kier alpha value is -2.19. The summed E-state index contributed by atoms with van der Waals surface area (Å²) in [6.07, 6.45) is 1.79. The van der Waals surface area contributed by atoms with E-state index in [0.717, 1.165) is 35.1 Å². The molecule has 0 spiro atoms. The van der Waals surface area contributed by atoms with Crippen LogP contribution in [0, 0.1) is 7.14 Å². The number of halogens is 2. The smallest absolute Gasteiger partial charge is 0.137 e. The molecular formula is C33H33I2NO. The number of aromatic hydroxyl groups is 1.